The van der Waals surface area contributed by atoms with Gasteiger partial charge in [-0.25, -0.2) is 8.42 Å². The van der Waals surface area contributed by atoms with Gasteiger partial charge in [0.05, 0.1) is 11.5 Å². The summed E-state index contributed by atoms with van der Waals surface area (Å²) >= 11 is 0. The van der Waals surface area contributed by atoms with Crippen LogP contribution in [0.1, 0.15) is 27.2 Å². The summed E-state index contributed by atoms with van der Waals surface area (Å²) in [5.41, 5.74) is 6.04. The molecule has 1 rings (SSSR count). The number of rotatable bonds is 4. The van der Waals surface area contributed by atoms with Gasteiger partial charge in [0.15, 0.2) is 9.84 Å². The predicted molar refractivity (Wildman–Crippen MR) is 67.1 cm³/mol. The smallest absolute Gasteiger partial charge is 0.153 e. The molecule has 1 saturated heterocycles. The zero-order chi connectivity index (χ0) is 12.3. The molecule has 0 bridgehead atoms. The Labute approximate surface area is 99.1 Å². The summed E-state index contributed by atoms with van der Waals surface area (Å²) in [5, 5.41) is 0. The van der Waals surface area contributed by atoms with Gasteiger partial charge in [-0.05, 0) is 19.3 Å². The van der Waals surface area contributed by atoms with Crippen molar-refractivity contribution in [2.45, 2.75) is 39.3 Å². The fraction of sp³-hybridized carbons (Fsp3) is 1.00. The maximum absolute atomic E-state index is 11.4. The molecule has 2 N–H and O–H groups in total. The van der Waals surface area contributed by atoms with E-state index in [0.29, 0.717) is 12.5 Å². The standard InChI is InChI=1S/C11H24N2O2S/c1-9(2)6-11(12)7-13-4-5-16(14,15)8-10(13)3/h9-11H,4-8,12H2,1-3H3. The lowest BCUT2D eigenvalue weighted by Crippen LogP contribution is -2.51. The lowest BCUT2D eigenvalue weighted by molar-refractivity contribution is 0.205. The van der Waals surface area contributed by atoms with E-state index in [-0.39, 0.29) is 23.6 Å². The molecule has 0 aromatic carbocycles. The Hall–Kier alpha value is -0.130. The van der Waals surface area contributed by atoms with Crippen LogP contribution in [0, 0.1) is 5.92 Å². The summed E-state index contributed by atoms with van der Waals surface area (Å²) in [4.78, 5) is 2.20. The SMILES string of the molecule is CC(C)CC(N)CN1CCS(=O)(=O)CC1C. The van der Waals surface area contributed by atoms with E-state index in [9.17, 15) is 8.42 Å². The maximum Gasteiger partial charge on any atom is 0.153 e. The molecule has 1 fully saturated rings. The first-order valence-electron chi connectivity index (χ1n) is 6.00. The van der Waals surface area contributed by atoms with Gasteiger partial charge >= 0.3 is 0 Å². The van der Waals surface area contributed by atoms with Crippen molar-refractivity contribution in [1.29, 1.82) is 0 Å². The molecule has 0 spiro atoms. The fourth-order valence-electron chi connectivity index (χ4n) is 2.29. The second kappa shape index (κ2) is 5.47. The van der Waals surface area contributed by atoms with E-state index in [2.05, 4.69) is 18.7 Å². The van der Waals surface area contributed by atoms with Gasteiger partial charge < -0.3 is 5.73 Å². The molecule has 16 heavy (non-hydrogen) atoms. The highest BCUT2D eigenvalue weighted by Gasteiger charge is 2.28. The van der Waals surface area contributed by atoms with E-state index in [4.69, 9.17) is 5.73 Å². The van der Waals surface area contributed by atoms with Gasteiger partial charge in [-0.2, -0.15) is 0 Å². The zero-order valence-electron chi connectivity index (χ0n) is 10.5. The first-order valence-corrected chi connectivity index (χ1v) is 7.82. The molecule has 1 aliphatic rings. The average Bonchev–Trinajstić information content (AvgIpc) is 2.07. The van der Waals surface area contributed by atoms with E-state index >= 15 is 0 Å². The lowest BCUT2D eigenvalue weighted by Gasteiger charge is -2.35. The van der Waals surface area contributed by atoms with Crippen LogP contribution in [0.5, 0.6) is 0 Å². The third kappa shape index (κ3) is 4.39. The Morgan fingerprint density at radius 3 is 2.56 bits per heavy atom. The van der Waals surface area contributed by atoms with Crippen molar-refractivity contribution in [1.82, 2.24) is 4.90 Å². The van der Waals surface area contributed by atoms with Crippen LogP contribution in [0.4, 0.5) is 0 Å². The summed E-state index contributed by atoms with van der Waals surface area (Å²) in [6, 6.07) is 0.264. The molecule has 0 amide bonds. The summed E-state index contributed by atoms with van der Waals surface area (Å²) in [6.07, 6.45) is 0.996. The van der Waals surface area contributed by atoms with Crippen molar-refractivity contribution in [3.05, 3.63) is 0 Å². The monoisotopic (exact) mass is 248 g/mol. The number of nitrogens with two attached hydrogens (primary N) is 1. The number of nitrogens with zero attached hydrogens (tertiary/aromatic N) is 1. The van der Waals surface area contributed by atoms with Crippen LogP contribution in [-0.2, 0) is 9.84 Å². The van der Waals surface area contributed by atoms with Crippen LogP contribution in [0.15, 0.2) is 0 Å². The van der Waals surface area contributed by atoms with Gasteiger partial charge in [0.2, 0.25) is 0 Å². The number of hydrogen-bond acceptors (Lipinski definition) is 4. The van der Waals surface area contributed by atoms with Gasteiger partial charge in [-0.15, -0.1) is 0 Å². The fourth-order valence-corrected chi connectivity index (χ4v) is 3.91. The highest BCUT2D eigenvalue weighted by molar-refractivity contribution is 7.91. The van der Waals surface area contributed by atoms with Gasteiger partial charge in [-0.1, -0.05) is 13.8 Å². The molecule has 2 unspecified atom stereocenters. The van der Waals surface area contributed by atoms with Crippen molar-refractivity contribution in [3.8, 4) is 0 Å². The minimum atomic E-state index is -2.81. The quantitative estimate of drug-likeness (QED) is 0.786. The van der Waals surface area contributed by atoms with Gasteiger partial charge in [0.1, 0.15) is 0 Å². The zero-order valence-corrected chi connectivity index (χ0v) is 11.3. The molecule has 2 atom stereocenters. The summed E-state index contributed by atoms with van der Waals surface area (Å²) in [5.74, 6) is 1.16. The van der Waals surface area contributed by atoms with Crippen molar-refractivity contribution in [3.63, 3.8) is 0 Å². The maximum atomic E-state index is 11.4. The Morgan fingerprint density at radius 2 is 2.06 bits per heavy atom. The van der Waals surface area contributed by atoms with Crippen LogP contribution < -0.4 is 5.73 Å². The van der Waals surface area contributed by atoms with Gasteiger partial charge in [0, 0.05) is 25.2 Å². The molecule has 1 heterocycles. The molecular weight excluding hydrogens is 224 g/mol. The van der Waals surface area contributed by atoms with E-state index in [1.54, 1.807) is 0 Å². The third-order valence-electron chi connectivity index (χ3n) is 3.05. The Bertz CT molecular complexity index is 314. The normalized spacial score (nSPS) is 28.2. The van der Waals surface area contributed by atoms with E-state index < -0.39 is 9.84 Å². The molecule has 96 valence electrons. The lowest BCUT2D eigenvalue weighted by atomic mass is 10.0. The minimum absolute atomic E-state index is 0.108. The molecule has 0 aromatic rings. The van der Waals surface area contributed by atoms with Crippen molar-refractivity contribution < 1.29 is 8.42 Å². The van der Waals surface area contributed by atoms with Crippen LogP contribution >= 0.6 is 0 Å². The van der Waals surface area contributed by atoms with Gasteiger partial charge in [0.25, 0.3) is 0 Å². The molecule has 0 saturated carbocycles. The molecule has 0 aromatic heterocycles. The van der Waals surface area contributed by atoms with Crippen molar-refractivity contribution in [2.24, 2.45) is 11.7 Å². The number of sulfone groups is 1. The number of hydrogen-bond donors (Lipinski definition) is 1. The molecule has 5 heteroatoms. The topological polar surface area (TPSA) is 63.4 Å². The second-order valence-electron chi connectivity index (χ2n) is 5.35. The first-order chi connectivity index (χ1) is 7.30. The molecular formula is C11H24N2O2S. The molecule has 4 nitrogen and oxygen atoms in total. The first kappa shape index (κ1) is 13.9. The average molecular weight is 248 g/mol. The van der Waals surface area contributed by atoms with Crippen LogP contribution in [0.3, 0.4) is 0 Å². The van der Waals surface area contributed by atoms with E-state index in [1.807, 2.05) is 6.92 Å². The third-order valence-corrected chi connectivity index (χ3v) is 4.85. The summed E-state index contributed by atoms with van der Waals surface area (Å²) in [7, 11) is -2.81. The van der Waals surface area contributed by atoms with E-state index in [0.717, 1.165) is 13.0 Å². The summed E-state index contributed by atoms with van der Waals surface area (Å²) < 4.78 is 22.8. The van der Waals surface area contributed by atoms with Crippen molar-refractivity contribution in [2.75, 3.05) is 24.6 Å². The largest absolute Gasteiger partial charge is 0.327 e. The Kier molecular flexibility index (Phi) is 4.76. The highest BCUT2D eigenvalue weighted by atomic mass is 32.2. The van der Waals surface area contributed by atoms with Crippen molar-refractivity contribution >= 4 is 9.84 Å². The predicted octanol–water partition coefficient (Wildman–Crippen LogP) is 0.479. The molecule has 0 radical (unpaired) electrons. The van der Waals surface area contributed by atoms with Crippen LogP contribution in [0.2, 0.25) is 0 Å². The second-order valence-corrected chi connectivity index (χ2v) is 7.58. The Morgan fingerprint density at radius 1 is 1.44 bits per heavy atom. The Balaban J connectivity index is 2.44. The van der Waals surface area contributed by atoms with Crippen LogP contribution in [0.25, 0.3) is 0 Å². The van der Waals surface area contributed by atoms with Gasteiger partial charge in [-0.3, -0.25) is 4.90 Å². The van der Waals surface area contributed by atoms with Crippen LogP contribution in [-0.4, -0.2) is 50.0 Å². The minimum Gasteiger partial charge on any atom is -0.327 e. The summed E-state index contributed by atoms with van der Waals surface area (Å²) in [6.45, 7) is 7.73. The van der Waals surface area contributed by atoms with E-state index in [1.165, 1.54) is 0 Å². The highest BCUT2D eigenvalue weighted by Crippen LogP contribution is 2.13. The molecule has 1 aliphatic heterocycles. The molecule has 0 aliphatic carbocycles.